The fourth-order valence-corrected chi connectivity index (χ4v) is 2.49. The van der Waals surface area contributed by atoms with E-state index in [1.807, 2.05) is 0 Å². The van der Waals surface area contributed by atoms with Gasteiger partial charge in [-0.2, -0.15) is 0 Å². The maximum Gasteiger partial charge on any atom is 0.341 e. The van der Waals surface area contributed by atoms with Crippen LogP contribution in [-0.4, -0.2) is 37.2 Å². The van der Waals surface area contributed by atoms with E-state index >= 15 is 0 Å². The Labute approximate surface area is 107 Å². The van der Waals surface area contributed by atoms with Crippen LogP contribution in [-0.2, 0) is 4.74 Å². The van der Waals surface area contributed by atoms with Crippen LogP contribution in [0.15, 0.2) is 18.3 Å². The van der Waals surface area contributed by atoms with Gasteiger partial charge in [-0.25, -0.2) is 9.78 Å². The van der Waals surface area contributed by atoms with Crippen molar-refractivity contribution in [1.29, 1.82) is 0 Å². The molecule has 0 saturated carbocycles. The van der Waals surface area contributed by atoms with Crippen molar-refractivity contribution < 1.29 is 9.53 Å². The normalized spacial score (nSPS) is 23.8. The highest BCUT2D eigenvalue weighted by Crippen LogP contribution is 2.24. The summed E-state index contributed by atoms with van der Waals surface area (Å²) in [6.45, 7) is 3.76. The molecule has 0 bridgehead atoms. The van der Waals surface area contributed by atoms with Crippen molar-refractivity contribution in [3.63, 3.8) is 0 Å². The lowest BCUT2D eigenvalue weighted by atomic mass is 9.96. The van der Waals surface area contributed by atoms with Crippen molar-refractivity contribution in [3.8, 4) is 0 Å². The summed E-state index contributed by atoms with van der Waals surface area (Å²) < 4.78 is 4.78. The summed E-state index contributed by atoms with van der Waals surface area (Å²) >= 11 is 0. The van der Waals surface area contributed by atoms with Gasteiger partial charge in [0.2, 0.25) is 0 Å². The van der Waals surface area contributed by atoms with Crippen LogP contribution in [0.4, 0.5) is 5.82 Å². The molecule has 2 rings (SSSR count). The zero-order valence-electron chi connectivity index (χ0n) is 10.8. The largest absolute Gasteiger partial charge is 0.465 e. The molecule has 1 aromatic heterocycles. The van der Waals surface area contributed by atoms with E-state index in [0.717, 1.165) is 19.5 Å². The number of hydrogen-bond donors (Lipinski definition) is 1. The topological polar surface area (TPSA) is 68.5 Å². The molecular formula is C13H19N3O2. The van der Waals surface area contributed by atoms with Crippen molar-refractivity contribution >= 4 is 11.8 Å². The molecule has 2 unspecified atom stereocenters. The molecule has 0 aliphatic carbocycles. The molecule has 2 N–H and O–H groups in total. The van der Waals surface area contributed by atoms with Crippen LogP contribution in [0.25, 0.3) is 0 Å². The Hall–Kier alpha value is -1.62. The third-order valence-electron chi connectivity index (χ3n) is 3.18. The number of ether oxygens (including phenoxy) is 1. The molecule has 0 aromatic carbocycles. The predicted octanol–water partition coefficient (Wildman–Crippen LogP) is 1.04. The number of hydrogen-bond acceptors (Lipinski definition) is 5. The van der Waals surface area contributed by atoms with Gasteiger partial charge in [-0.05, 0) is 24.5 Å². The molecule has 18 heavy (non-hydrogen) atoms. The Morgan fingerprint density at radius 3 is 3.00 bits per heavy atom. The van der Waals surface area contributed by atoms with Crippen LogP contribution in [0.3, 0.4) is 0 Å². The molecule has 5 heteroatoms. The lowest BCUT2D eigenvalue weighted by Crippen LogP contribution is -2.47. The van der Waals surface area contributed by atoms with Crippen molar-refractivity contribution in [2.24, 2.45) is 11.7 Å². The lowest BCUT2D eigenvalue weighted by Gasteiger charge is -2.36. The first-order chi connectivity index (χ1) is 8.61. The van der Waals surface area contributed by atoms with E-state index in [2.05, 4.69) is 16.8 Å². The Morgan fingerprint density at radius 2 is 2.33 bits per heavy atom. The molecule has 1 aliphatic heterocycles. The third kappa shape index (κ3) is 2.61. The number of anilines is 1. The summed E-state index contributed by atoms with van der Waals surface area (Å²) in [4.78, 5) is 18.1. The number of rotatable bonds is 2. The summed E-state index contributed by atoms with van der Waals surface area (Å²) in [5.41, 5.74) is 6.53. The molecular weight excluding hydrogens is 230 g/mol. The number of piperidine rings is 1. The fourth-order valence-electron chi connectivity index (χ4n) is 2.49. The summed E-state index contributed by atoms with van der Waals surface area (Å²) in [5.74, 6) is 0.817. The average Bonchev–Trinajstić information content (AvgIpc) is 2.36. The standard InChI is InChI=1S/C13H19N3O2/c1-9-6-10(14)8-16(7-9)12-11(13(17)18-2)4-3-5-15-12/h3-5,9-10H,6-8,14H2,1-2H3. The molecule has 2 heterocycles. The number of carbonyl (C=O) groups is 1. The Bertz CT molecular complexity index is 426. The molecule has 0 radical (unpaired) electrons. The first-order valence-electron chi connectivity index (χ1n) is 6.15. The number of nitrogens with two attached hydrogens (primary N) is 1. The van der Waals surface area contributed by atoms with Crippen molar-refractivity contribution in [2.45, 2.75) is 19.4 Å². The Kier molecular flexibility index (Phi) is 3.81. The molecule has 0 spiro atoms. The van der Waals surface area contributed by atoms with Gasteiger partial charge in [0.1, 0.15) is 11.4 Å². The first kappa shape index (κ1) is 12.8. The van der Waals surface area contributed by atoms with Crippen LogP contribution < -0.4 is 10.6 Å². The third-order valence-corrected chi connectivity index (χ3v) is 3.18. The minimum Gasteiger partial charge on any atom is -0.465 e. The molecule has 2 atom stereocenters. The lowest BCUT2D eigenvalue weighted by molar-refractivity contribution is 0.0601. The van der Waals surface area contributed by atoms with Gasteiger partial charge in [0.05, 0.1) is 7.11 Å². The minimum atomic E-state index is -0.357. The van der Waals surface area contributed by atoms with E-state index < -0.39 is 0 Å². The van der Waals surface area contributed by atoms with Crippen molar-refractivity contribution in [2.75, 3.05) is 25.1 Å². The Morgan fingerprint density at radius 1 is 1.56 bits per heavy atom. The second-order valence-electron chi connectivity index (χ2n) is 4.87. The van der Waals surface area contributed by atoms with Gasteiger partial charge in [-0.3, -0.25) is 0 Å². The number of aromatic nitrogens is 1. The summed E-state index contributed by atoms with van der Waals surface area (Å²) in [6.07, 6.45) is 2.70. The van der Waals surface area contributed by atoms with Crippen LogP contribution in [0, 0.1) is 5.92 Å². The molecule has 98 valence electrons. The highest BCUT2D eigenvalue weighted by molar-refractivity contribution is 5.94. The van der Waals surface area contributed by atoms with Gasteiger partial charge in [-0.15, -0.1) is 0 Å². The number of carbonyl (C=O) groups excluding carboxylic acids is 1. The highest BCUT2D eigenvalue weighted by atomic mass is 16.5. The van der Waals surface area contributed by atoms with E-state index in [1.165, 1.54) is 7.11 Å². The maximum atomic E-state index is 11.7. The van der Waals surface area contributed by atoms with Gasteiger partial charge in [0.25, 0.3) is 0 Å². The molecule has 1 aliphatic rings. The molecule has 5 nitrogen and oxygen atoms in total. The molecule has 0 amide bonds. The van der Waals surface area contributed by atoms with Crippen molar-refractivity contribution in [3.05, 3.63) is 23.9 Å². The molecule has 1 aromatic rings. The van der Waals surface area contributed by atoms with E-state index in [1.54, 1.807) is 18.3 Å². The van der Waals surface area contributed by atoms with Crippen LogP contribution in [0.5, 0.6) is 0 Å². The number of methoxy groups -OCH3 is 1. The van der Waals surface area contributed by atoms with Gasteiger partial charge >= 0.3 is 5.97 Å². The minimum absolute atomic E-state index is 0.126. The van der Waals surface area contributed by atoms with Crippen LogP contribution in [0.2, 0.25) is 0 Å². The van der Waals surface area contributed by atoms with Crippen molar-refractivity contribution in [1.82, 2.24) is 4.98 Å². The van der Waals surface area contributed by atoms with Gasteiger partial charge in [0, 0.05) is 25.3 Å². The fraction of sp³-hybridized carbons (Fsp3) is 0.538. The zero-order valence-corrected chi connectivity index (χ0v) is 10.8. The van der Waals surface area contributed by atoms with E-state index in [9.17, 15) is 4.79 Å². The predicted molar refractivity (Wildman–Crippen MR) is 69.5 cm³/mol. The average molecular weight is 249 g/mol. The SMILES string of the molecule is COC(=O)c1cccnc1N1CC(C)CC(N)C1. The smallest absolute Gasteiger partial charge is 0.341 e. The summed E-state index contributed by atoms with van der Waals surface area (Å²) in [5, 5.41) is 0. The quantitative estimate of drug-likeness (QED) is 0.793. The number of nitrogens with zero attached hydrogens (tertiary/aromatic N) is 2. The van der Waals surface area contributed by atoms with E-state index in [4.69, 9.17) is 10.5 Å². The van der Waals surface area contributed by atoms with Gasteiger partial charge in [-0.1, -0.05) is 6.92 Å². The second kappa shape index (κ2) is 5.35. The van der Waals surface area contributed by atoms with Crippen LogP contribution >= 0.6 is 0 Å². The monoisotopic (exact) mass is 249 g/mol. The molecule has 1 fully saturated rings. The second-order valence-corrected chi connectivity index (χ2v) is 4.87. The first-order valence-corrected chi connectivity index (χ1v) is 6.15. The van der Waals surface area contributed by atoms with E-state index in [-0.39, 0.29) is 12.0 Å². The Balaban J connectivity index is 2.29. The highest BCUT2D eigenvalue weighted by Gasteiger charge is 2.26. The van der Waals surface area contributed by atoms with Gasteiger partial charge < -0.3 is 15.4 Å². The van der Waals surface area contributed by atoms with Crippen LogP contribution in [0.1, 0.15) is 23.7 Å². The number of pyridine rings is 1. The molecule has 1 saturated heterocycles. The summed E-state index contributed by atoms with van der Waals surface area (Å²) in [7, 11) is 1.38. The summed E-state index contributed by atoms with van der Waals surface area (Å²) in [6, 6.07) is 3.60. The zero-order chi connectivity index (χ0) is 13.1. The number of esters is 1. The van der Waals surface area contributed by atoms with Gasteiger partial charge in [0.15, 0.2) is 0 Å². The van der Waals surface area contributed by atoms with E-state index in [0.29, 0.717) is 17.3 Å². The maximum absolute atomic E-state index is 11.7.